The van der Waals surface area contributed by atoms with Gasteiger partial charge in [0.15, 0.2) is 0 Å². The summed E-state index contributed by atoms with van der Waals surface area (Å²) in [4.78, 5) is 2.35. The van der Waals surface area contributed by atoms with Crippen LogP contribution in [0.5, 0.6) is 0 Å². The zero-order valence-electron chi connectivity index (χ0n) is 12.6. The molecule has 1 aliphatic carbocycles. The number of H-pyrrole nitrogens is 1. The van der Waals surface area contributed by atoms with Crippen LogP contribution in [0.25, 0.3) is 10.9 Å². The van der Waals surface area contributed by atoms with Crippen molar-refractivity contribution in [3.05, 3.63) is 18.3 Å². The molecule has 0 aliphatic heterocycles. The molecule has 4 heteroatoms. The normalized spacial score (nSPS) is 19.4. The van der Waals surface area contributed by atoms with Gasteiger partial charge in [-0.2, -0.15) is 5.10 Å². The van der Waals surface area contributed by atoms with E-state index in [1.165, 1.54) is 25.7 Å². The number of hydrogen-bond donors (Lipinski definition) is 2. The number of hydrogen-bond acceptors (Lipinski definition) is 3. The summed E-state index contributed by atoms with van der Waals surface area (Å²) in [6, 6.07) is 4.72. The second-order valence-corrected chi connectivity index (χ2v) is 6.87. The van der Waals surface area contributed by atoms with Crippen LogP contribution < -0.4 is 10.6 Å². The minimum atomic E-state index is 0.496. The molecule has 4 nitrogen and oxygen atoms in total. The van der Waals surface area contributed by atoms with Crippen LogP contribution in [-0.2, 0) is 0 Å². The quantitative estimate of drug-likeness (QED) is 0.822. The SMILES string of the molecule is CN(c1cc2[nH]ncc2cc1N)C1CCC(C)(C)CC1. The first kappa shape index (κ1) is 13.3. The minimum absolute atomic E-state index is 0.496. The molecule has 1 saturated carbocycles. The van der Waals surface area contributed by atoms with E-state index < -0.39 is 0 Å². The molecule has 0 amide bonds. The fourth-order valence-corrected chi connectivity index (χ4v) is 3.27. The summed E-state index contributed by atoms with van der Waals surface area (Å²) < 4.78 is 0. The lowest BCUT2D eigenvalue weighted by Gasteiger charge is -2.39. The smallest absolute Gasteiger partial charge is 0.0672 e. The van der Waals surface area contributed by atoms with Gasteiger partial charge < -0.3 is 10.6 Å². The van der Waals surface area contributed by atoms with Crippen molar-refractivity contribution in [2.45, 2.75) is 45.6 Å². The zero-order valence-corrected chi connectivity index (χ0v) is 12.6. The Bertz CT molecular complexity index is 604. The molecule has 20 heavy (non-hydrogen) atoms. The first-order chi connectivity index (χ1) is 9.46. The lowest BCUT2D eigenvalue weighted by atomic mass is 9.75. The molecule has 1 aromatic heterocycles. The number of aromatic nitrogens is 2. The van der Waals surface area contributed by atoms with Gasteiger partial charge in [-0.25, -0.2) is 0 Å². The highest BCUT2D eigenvalue weighted by Gasteiger charge is 2.29. The van der Waals surface area contributed by atoms with E-state index >= 15 is 0 Å². The van der Waals surface area contributed by atoms with Crippen LogP contribution in [0.3, 0.4) is 0 Å². The first-order valence-corrected chi connectivity index (χ1v) is 7.42. The topological polar surface area (TPSA) is 57.9 Å². The lowest BCUT2D eigenvalue weighted by molar-refractivity contribution is 0.222. The van der Waals surface area contributed by atoms with Crippen LogP contribution in [0.4, 0.5) is 11.4 Å². The Morgan fingerprint density at radius 2 is 2.00 bits per heavy atom. The molecule has 0 spiro atoms. The highest BCUT2D eigenvalue weighted by Crippen LogP contribution is 2.39. The second-order valence-electron chi connectivity index (χ2n) is 6.87. The largest absolute Gasteiger partial charge is 0.397 e. The van der Waals surface area contributed by atoms with Gasteiger partial charge in [0, 0.05) is 18.5 Å². The van der Waals surface area contributed by atoms with Crippen LogP contribution in [0.1, 0.15) is 39.5 Å². The molecular weight excluding hydrogens is 248 g/mol. The van der Waals surface area contributed by atoms with Crippen molar-refractivity contribution in [1.82, 2.24) is 10.2 Å². The van der Waals surface area contributed by atoms with E-state index in [2.05, 4.69) is 42.1 Å². The summed E-state index contributed by atoms with van der Waals surface area (Å²) in [5, 5.41) is 8.17. The third kappa shape index (κ3) is 2.35. The summed E-state index contributed by atoms with van der Waals surface area (Å²) in [5.41, 5.74) is 9.73. The predicted molar refractivity (Wildman–Crippen MR) is 84.9 cm³/mol. The molecule has 3 N–H and O–H groups in total. The third-order valence-corrected chi connectivity index (χ3v) is 4.82. The van der Waals surface area contributed by atoms with Crippen molar-refractivity contribution in [3.8, 4) is 0 Å². The number of anilines is 2. The van der Waals surface area contributed by atoms with E-state index in [9.17, 15) is 0 Å². The third-order valence-electron chi connectivity index (χ3n) is 4.82. The van der Waals surface area contributed by atoms with Crippen molar-refractivity contribution >= 4 is 22.3 Å². The number of nitrogens with two attached hydrogens (primary N) is 1. The number of nitrogen functional groups attached to an aromatic ring is 1. The molecule has 0 saturated heterocycles. The van der Waals surface area contributed by atoms with Gasteiger partial charge >= 0.3 is 0 Å². The van der Waals surface area contributed by atoms with Gasteiger partial charge in [-0.15, -0.1) is 0 Å². The Morgan fingerprint density at radius 3 is 2.70 bits per heavy atom. The van der Waals surface area contributed by atoms with Crippen molar-refractivity contribution < 1.29 is 0 Å². The number of benzene rings is 1. The lowest BCUT2D eigenvalue weighted by Crippen LogP contribution is -2.37. The van der Waals surface area contributed by atoms with Gasteiger partial charge in [-0.3, -0.25) is 5.10 Å². The van der Waals surface area contributed by atoms with Crippen LogP contribution in [0, 0.1) is 5.41 Å². The maximum Gasteiger partial charge on any atom is 0.0672 e. The monoisotopic (exact) mass is 272 g/mol. The Balaban J connectivity index is 1.85. The van der Waals surface area contributed by atoms with E-state index in [4.69, 9.17) is 5.73 Å². The zero-order chi connectivity index (χ0) is 14.3. The molecule has 3 rings (SSSR count). The molecule has 1 aliphatic rings. The maximum absolute atomic E-state index is 6.22. The van der Waals surface area contributed by atoms with Crippen molar-refractivity contribution in [2.75, 3.05) is 17.7 Å². The number of nitrogens with zero attached hydrogens (tertiary/aromatic N) is 2. The summed E-state index contributed by atoms with van der Waals surface area (Å²) in [5.74, 6) is 0. The molecule has 0 unspecified atom stereocenters. The fraction of sp³-hybridized carbons (Fsp3) is 0.562. The molecule has 0 atom stereocenters. The van der Waals surface area contributed by atoms with E-state index in [1.54, 1.807) is 0 Å². The van der Waals surface area contributed by atoms with E-state index in [0.29, 0.717) is 11.5 Å². The van der Waals surface area contributed by atoms with E-state index in [0.717, 1.165) is 22.3 Å². The first-order valence-electron chi connectivity index (χ1n) is 7.42. The molecule has 0 radical (unpaired) electrons. The number of aromatic amines is 1. The molecule has 1 heterocycles. The summed E-state index contributed by atoms with van der Waals surface area (Å²) in [6.07, 6.45) is 6.87. The minimum Gasteiger partial charge on any atom is -0.397 e. The van der Waals surface area contributed by atoms with Gasteiger partial charge in [0.1, 0.15) is 0 Å². The molecule has 0 bridgehead atoms. The van der Waals surface area contributed by atoms with Gasteiger partial charge in [0.05, 0.1) is 23.1 Å². The Morgan fingerprint density at radius 1 is 1.30 bits per heavy atom. The van der Waals surface area contributed by atoms with Crippen LogP contribution >= 0.6 is 0 Å². The fourth-order valence-electron chi connectivity index (χ4n) is 3.27. The molecule has 1 aromatic carbocycles. The van der Waals surface area contributed by atoms with Gasteiger partial charge in [-0.1, -0.05) is 13.8 Å². The molecular formula is C16H24N4. The predicted octanol–water partition coefficient (Wildman–Crippen LogP) is 3.55. The van der Waals surface area contributed by atoms with Gasteiger partial charge in [-0.05, 0) is 43.2 Å². The van der Waals surface area contributed by atoms with Gasteiger partial charge in [0.25, 0.3) is 0 Å². The number of fused-ring (bicyclic) bond motifs is 1. The van der Waals surface area contributed by atoms with Crippen LogP contribution in [0.15, 0.2) is 18.3 Å². The molecule has 108 valence electrons. The Kier molecular flexibility index (Phi) is 3.11. The molecule has 1 fully saturated rings. The van der Waals surface area contributed by atoms with Crippen molar-refractivity contribution in [3.63, 3.8) is 0 Å². The Hall–Kier alpha value is -1.71. The highest BCUT2D eigenvalue weighted by molar-refractivity contribution is 5.88. The summed E-state index contributed by atoms with van der Waals surface area (Å²) in [6.45, 7) is 4.74. The Labute approximate surface area is 120 Å². The van der Waals surface area contributed by atoms with Crippen LogP contribution in [0.2, 0.25) is 0 Å². The summed E-state index contributed by atoms with van der Waals surface area (Å²) in [7, 11) is 2.16. The second kappa shape index (κ2) is 4.69. The number of rotatable bonds is 2. The van der Waals surface area contributed by atoms with E-state index in [1.807, 2.05) is 12.3 Å². The summed E-state index contributed by atoms with van der Waals surface area (Å²) >= 11 is 0. The van der Waals surface area contributed by atoms with Crippen LogP contribution in [-0.4, -0.2) is 23.3 Å². The average Bonchev–Trinajstić information content (AvgIpc) is 2.84. The standard InChI is InChI=1S/C16H24N4/c1-16(2)6-4-12(5-7-16)20(3)15-9-14-11(8-13(15)17)10-18-19-14/h8-10,12H,4-7,17H2,1-3H3,(H,18,19). The number of nitrogens with one attached hydrogen (secondary N) is 1. The van der Waals surface area contributed by atoms with Gasteiger partial charge in [0.2, 0.25) is 0 Å². The average molecular weight is 272 g/mol. The van der Waals surface area contributed by atoms with Crippen molar-refractivity contribution in [2.24, 2.45) is 5.41 Å². The van der Waals surface area contributed by atoms with Crippen molar-refractivity contribution in [1.29, 1.82) is 0 Å². The highest BCUT2D eigenvalue weighted by atomic mass is 15.2. The maximum atomic E-state index is 6.22. The molecule has 2 aromatic rings. The van der Waals surface area contributed by atoms with E-state index in [-0.39, 0.29) is 0 Å².